The van der Waals surface area contributed by atoms with E-state index < -0.39 is 0 Å². The summed E-state index contributed by atoms with van der Waals surface area (Å²) in [6.45, 7) is -0.0823. The van der Waals surface area contributed by atoms with Crippen molar-refractivity contribution in [3.8, 4) is 0 Å². The number of ketones is 1. The molecule has 52 valence electrons. The Kier molecular flexibility index (Phi) is 1.83. The SMILES string of the molecule is O=C1C[C@H](CO)[C@H]1CO. The predicted octanol–water partition coefficient (Wildman–Crippen LogP) is -0.824. The first-order valence-electron chi connectivity index (χ1n) is 3.04. The molecule has 1 saturated carbocycles. The number of carbonyl (C=O) groups is 1. The summed E-state index contributed by atoms with van der Waals surface area (Å²) in [7, 11) is 0. The van der Waals surface area contributed by atoms with Crippen LogP contribution in [0, 0.1) is 11.8 Å². The molecule has 0 bridgehead atoms. The van der Waals surface area contributed by atoms with Crippen LogP contribution in [0.1, 0.15) is 6.42 Å². The zero-order chi connectivity index (χ0) is 6.85. The van der Waals surface area contributed by atoms with Gasteiger partial charge in [-0.15, -0.1) is 0 Å². The molecule has 1 rings (SSSR count). The number of carbonyl (C=O) groups excluding carboxylic acids is 1. The van der Waals surface area contributed by atoms with Crippen LogP contribution in [0.4, 0.5) is 0 Å². The third kappa shape index (κ3) is 0.976. The highest BCUT2D eigenvalue weighted by Gasteiger charge is 2.38. The van der Waals surface area contributed by atoms with Crippen molar-refractivity contribution in [3.05, 3.63) is 0 Å². The zero-order valence-corrected chi connectivity index (χ0v) is 5.08. The van der Waals surface area contributed by atoms with Crippen LogP contribution in [0.2, 0.25) is 0 Å². The van der Waals surface area contributed by atoms with Gasteiger partial charge in [-0.1, -0.05) is 0 Å². The highest BCUT2D eigenvalue weighted by molar-refractivity contribution is 5.87. The normalized spacial score (nSPS) is 34.2. The summed E-state index contributed by atoms with van der Waals surface area (Å²) >= 11 is 0. The molecule has 1 fully saturated rings. The van der Waals surface area contributed by atoms with Crippen LogP contribution in [0.5, 0.6) is 0 Å². The number of hydrogen-bond acceptors (Lipinski definition) is 3. The van der Waals surface area contributed by atoms with E-state index in [4.69, 9.17) is 10.2 Å². The molecule has 0 spiro atoms. The van der Waals surface area contributed by atoms with Crippen LogP contribution < -0.4 is 0 Å². The van der Waals surface area contributed by atoms with Crippen molar-refractivity contribution in [1.82, 2.24) is 0 Å². The maximum atomic E-state index is 10.6. The van der Waals surface area contributed by atoms with E-state index in [9.17, 15) is 4.79 Å². The number of aliphatic hydroxyl groups is 2. The highest BCUT2D eigenvalue weighted by atomic mass is 16.3. The van der Waals surface area contributed by atoms with Gasteiger partial charge >= 0.3 is 0 Å². The molecule has 0 aliphatic heterocycles. The van der Waals surface area contributed by atoms with E-state index in [1.54, 1.807) is 0 Å². The van der Waals surface area contributed by atoms with Crippen LogP contribution in [0.3, 0.4) is 0 Å². The predicted molar refractivity (Wildman–Crippen MR) is 30.8 cm³/mol. The largest absolute Gasteiger partial charge is 0.396 e. The maximum Gasteiger partial charge on any atom is 0.139 e. The fourth-order valence-electron chi connectivity index (χ4n) is 1.10. The average molecular weight is 130 g/mol. The van der Waals surface area contributed by atoms with Gasteiger partial charge < -0.3 is 10.2 Å². The van der Waals surface area contributed by atoms with E-state index in [2.05, 4.69) is 0 Å². The molecule has 0 aromatic rings. The Morgan fingerprint density at radius 3 is 2.33 bits per heavy atom. The van der Waals surface area contributed by atoms with Gasteiger partial charge in [0.25, 0.3) is 0 Å². The standard InChI is InChI=1S/C6H10O3/c7-2-4-1-6(9)5(4)3-8/h4-5,7-8H,1-3H2/t4-,5-/m1/s1. The van der Waals surface area contributed by atoms with Crippen LogP contribution in [-0.4, -0.2) is 29.2 Å². The molecular weight excluding hydrogens is 120 g/mol. The molecule has 1 aliphatic rings. The van der Waals surface area contributed by atoms with Gasteiger partial charge in [0.1, 0.15) is 5.78 Å². The molecule has 0 aromatic carbocycles. The summed E-state index contributed by atoms with van der Waals surface area (Å²) in [6.07, 6.45) is 0.446. The minimum Gasteiger partial charge on any atom is -0.396 e. The van der Waals surface area contributed by atoms with Crippen molar-refractivity contribution in [1.29, 1.82) is 0 Å². The molecule has 0 amide bonds. The van der Waals surface area contributed by atoms with Crippen LogP contribution in [-0.2, 0) is 4.79 Å². The average Bonchev–Trinajstić information content (AvgIpc) is 1.83. The van der Waals surface area contributed by atoms with Crippen LogP contribution >= 0.6 is 0 Å². The van der Waals surface area contributed by atoms with Gasteiger partial charge in [0.05, 0.1) is 6.61 Å². The number of rotatable bonds is 2. The van der Waals surface area contributed by atoms with E-state index in [0.29, 0.717) is 6.42 Å². The summed E-state index contributed by atoms with van der Waals surface area (Å²) in [5.41, 5.74) is 0. The molecule has 3 nitrogen and oxygen atoms in total. The van der Waals surface area contributed by atoms with Gasteiger partial charge in [0.2, 0.25) is 0 Å². The van der Waals surface area contributed by atoms with Gasteiger partial charge in [0.15, 0.2) is 0 Å². The molecule has 1 aliphatic carbocycles. The van der Waals surface area contributed by atoms with E-state index >= 15 is 0 Å². The van der Waals surface area contributed by atoms with Gasteiger partial charge in [-0.25, -0.2) is 0 Å². The second-order valence-corrected chi connectivity index (χ2v) is 2.40. The molecule has 0 saturated heterocycles. The Bertz CT molecular complexity index is 121. The molecule has 2 N–H and O–H groups in total. The Morgan fingerprint density at radius 2 is 2.11 bits per heavy atom. The number of Topliss-reactive ketones (excluding diaryl/α,β-unsaturated/α-hetero) is 1. The molecule has 0 radical (unpaired) electrons. The Morgan fingerprint density at radius 1 is 1.44 bits per heavy atom. The summed E-state index contributed by atoms with van der Waals surface area (Å²) < 4.78 is 0. The lowest BCUT2D eigenvalue weighted by atomic mass is 9.73. The van der Waals surface area contributed by atoms with Gasteiger partial charge in [-0.2, -0.15) is 0 Å². The van der Waals surface area contributed by atoms with Crippen molar-refractivity contribution >= 4 is 5.78 Å². The lowest BCUT2D eigenvalue weighted by Crippen LogP contribution is -2.41. The first-order chi connectivity index (χ1) is 4.29. The van der Waals surface area contributed by atoms with Crippen molar-refractivity contribution in [3.63, 3.8) is 0 Å². The highest BCUT2D eigenvalue weighted by Crippen LogP contribution is 2.29. The van der Waals surface area contributed by atoms with Crippen LogP contribution in [0.15, 0.2) is 0 Å². The lowest BCUT2D eigenvalue weighted by molar-refractivity contribution is -0.138. The van der Waals surface area contributed by atoms with Gasteiger partial charge in [-0.3, -0.25) is 4.79 Å². The quantitative estimate of drug-likeness (QED) is 0.513. The molecular formula is C6H10O3. The summed E-state index contributed by atoms with van der Waals surface area (Å²) in [4.78, 5) is 10.6. The third-order valence-electron chi connectivity index (χ3n) is 1.88. The zero-order valence-electron chi connectivity index (χ0n) is 5.08. The Hall–Kier alpha value is -0.410. The Balaban J connectivity index is 2.38. The van der Waals surface area contributed by atoms with Gasteiger partial charge in [0, 0.05) is 24.9 Å². The van der Waals surface area contributed by atoms with Crippen LogP contribution in [0.25, 0.3) is 0 Å². The first-order valence-corrected chi connectivity index (χ1v) is 3.04. The topological polar surface area (TPSA) is 57.5 Å². The van der Waals surface area contributed by atoms with Crippen molar-refractivity contribution < 1.29 is 15.0 Å². The first kappa shape index (κ1) is 6.71. The molecule has 2 atom stereocenters. The molecule has 0 aromatic heterocycles. The fraction of sp³-hybridized carbons (Fsp3) is 0.833. The third-order valence-corrected chi connectivity index (χ3v) is 1.88. The van der Waals surface area contributed by atoms with Gasteiger partial charge in [-0.05, 0) is 0 Å². The fourth-order valence-corrected chi connectivity index (χ4v) is 1.10. The summed E-state index contributed by atoms with van der Waals surface area (Å²) in [5, 5.41) is 17.1. The number of aliphatic hydroxyl groups excluding tert-OH is 2. The molecule has 0 unspecified atom stereocenters. The second-order valence-electron chi connectivity index (χ2n) is 2.40. The van der Waals surface area contributed by atoms with Crippen molar-refractivity contribution in [2.75, 3.05) is 13.2 Å². The van der Waals surface area contributed by atoms with Crippen molar-refractivity contribution in [2.24, 2.45) is 11.8 Å². The van der Waals surface area contributed by atoms with Crippen molar-refractivity contribution in [2.45, 2.75) is 6.42 Å². The summed E-state index contributed by atoms with van der Waals surface area (Å²) in [5.74, 6) is -0.158. The minimum absolute atomic E-state index is 0.0248. The molecule has 9 heavy (non-hydrogen) atoms. The van der Waals surface area contributed by atoms with E-state index in [1.165, 1.54) is 0 Å². The minimum atomic E-state index is -0.269. The Labute approximate surface area is 53.3 Å². The summed E-state index contributed by atoms with van der Waals surface area (Å²) in [6, 6.07) is 0. The number of hydrogen-bond donors (Lipinski definition) is 2. The van der Waals surface area contributed by atoms with E-state index in [1.807, 2.05) is 0 Å². The smallest absolute Gasteiger partial charge is 0.139 e. The monoisotopic (exact) mass is 130 g/mol. The second kappa shape index (κ2) is 2.45. The van der Waals surface area contributed by atoms with E-state index in [-0.39, 0.29) is 30.8 Å². The molecule has 0 heterocycles. The lowest BCUT2D eigenvalue weighted by Gasteiger charge is -2.31. The van der Waals surface area contributed by atoms with E-state index in [0.717, 1.165) is 0 Å². The maximum absolute atomic E-state index is 10.6. The molecule has 3 heteroatoms.